The van der Waals surface area contributed by atoms with Crippen molar-refractivity contribution < 1.29 is 29.3 Å². The molecule has 292 valence electrons. The highest BCUT2D eigenvalue weighted by atomic mass is 16.6. The van der Waals surface area contributed by atoms with Crippen LogP contribution in [-0.4, -0.2) is 50.5 Å². The van der Waals surface area contributed by atoms with Crippen molar-refractivity contribution in [1.82, 2.24) is 4.90 Å². The lowest BCUT2D eigenvalue weighted by molar-refractivity contribution is -0.195. The Balaban J connectivity index is 1.75. The van der Waals surface area contributed by atoms with Crippen molar-refractivity contribution >= 4 is 11.9 Å². The molecule has 0 aromatic heterocycles. The summed E-state index contributed by atoms with van der Waals surface area (Å²) in [4.78, 5) is 29.4. The smallest absolute Gasteiger partial charge is 0.314 e. The van der Waals surface area contributed by atoms with Crippen molar-refractivity contribution in [2.75, 3.05) is 0 Å². The number of hydrogen-bond donors (Lipinski definition) is 2. The van der Waals surface area contributed by atoms with Crippen LogP contribution in [0.4, 0.5) is 0 Å². The lowest BCUT2D eigenvalue weighted by atomic mass is 9.77. The first-order valence-corrected chi connectivity index (χ1v) is 19.2. The Kier molecular flexibility index (Phi) is 12.2. The zero-order valence-electron chi connectivity index (χ0n) is 35.8. The van der Waals surface area contributed by atoms with Gasteiger partial charge in [0.2, 0.25) is 0 Å². The maximum Gasteiger partial charge on any atom is 0.314 e. The number of phenols is 2. The van der Waals surface area contributed by atoms with E-state index in [1.54, 1.807) is 0 Å². The maximum atomic E-state index is 13.8. The molecule has 0 radical (unpaired) electrons. The fraction of sp³-hybridized carbons (Fsp3) is 0.689. The van der Waals surface area contributed by atoms with E-state index in [1.165, 1.54) is 0 Å². The van der Waals surface area contributed by atoms with E-state index in [0.29, 0.717) is 25.0 Å². The molecule has 1 aliphatic rings. The molecule has 0 spiro atoms. The molecule has 7 heteroatoms. The first-order valence-electron chi connectivity index (χ1n) is 19.2. The number of aryl methyl sites for hydroxylation is 1. The van der Waals surface area contributed by atoms with Crippen LogP contribution in [0.2, 0.25) is 0 Å². The summed E-state index contributed by atoms with van der Waals surface area (Å²) in [5.41, 5.74) is 3.26. The average Bonchev–Trinajstić information content (AvgIpc) is 2.92. The third kappa shape index (κ3) is 9.92. The number of esters is 2. The summed E-state index contributed by atoms with van der Waals surface area (Å²) in [6.07, 6.45) is 1.16. The van der Waals surface area contributed by atoms with Crippen LogP contribution >= 0.6 is 0 Å². The van der Waals surface area contributed by atoms with Gasteiger partial charge in [0.15, 0.2) is 6.23 Å². The van der Waals surface area contributed by atoms with Crippen LogP contribution in [0, 0.1) is 0 Å². The van der Waals surface area contributed by atoms with Gasteiger partial charge in [-0.2, -0.15) is 0 Å². The molecule has 7 nitrogen and oxygen atoms in total. The van der Waals surface area contributed by atoms with Crippen molar-refractivity contribution in [3.63, 3.8) is 0 Å². The van der Waals surface area contributed by atoms with Crippen molar-refractivity contribution in [2.45, 2.75) is 201 Å². The summed E-state index contributed by atoms with van der Waals surface area (Å²) >= 11 is 0. The van der Waals surface area contributed by atoms with E-state index in [2.05, 4.69) is 116 Å². The molecule has 1 saturated heterocycles. The van der Waals surface area contributed by atoms with Crippen molar-refractivity contribution in [1.29, 1.82) is 0 Å². The molecule has 0 amide bonds. The molecule has 2 aromatic carbocycles. The monoisotopic (exact) mass is 722 g/mol. The van der Waals surface area contributed by atoms with Crippen LogP contribution in [-0.2, 0) is 47.1 Å². The molecule has 2 unspecified atom stereocenters. The summed E-state index contributed by atoms with van der Waals surface area (Å²) in [5, 5.41) is 22.3. The number of hydrogen-bond acceptors (Lipinski definition) is 7. The maximum absolute atomic E-state index is 13.8. The minimum Gasteiger partial charge on any atom is -0.507 e. The fourth-order valence-electron chi connectivity index (χ4n) is 8.25. The summed E-state index contributed by atoms with van der Waals surface area (Å²) in [5.74, 6) is -0.478. The van der Waals surface area contributed by atoms with Gasteiger partial charge in [-0.1, -0.05) is 107 Å². The number of nitrogens with zero attached hydrogens (tertiary/aromatic N) is 1. The van der Waals surface area contributed by atoms with Gasteiger partial charge in [0, 0.05) is 30.3 Å². The topological polar surface area (TPSA) is 96.3 Å². The third-order valence-electron chi connectivity index (χ3n) is 10.7. The summed E-state index contributed by atoms with van der Waals surface area (Å²) in [6, 6.07) is 7.95. The van der Waals surface area contributed by atoms with Gasteiger partial charge >= 0.3 is 11.9 Å². The molecule has 0 aliphatic carbocycles. The second-order valence-corrected chi connectivity index (χ2v) is 20.8. The molecule has 1 heterocycles. The molecule has 2 atom stereocenters. The first kappa shape index (κ1) is 43.3. The van der Waals surface area contributed by atoms with E-state index in [0.717, 1.165) is 33.4 Å². The molecule has 52 heavy (non-hydrogen) atoms. The Hall–Kier alpha value is -3.06. The number of carbonyl (C=O) groups excluding carboxylic acids is 2. The van der Waals surface area contributed by atoms with Crippen LogP contribution in [0.5, 0.6) is 11.5 Å². The normalized spacial score (nSPS) is 18.5. The number of ether oxygens (including phenoxy) is 2. The second-order valence-electron chi connectivity index (χ2n) is 20.8. The van der Waals surface area contributed by atoms with Gasteiger partial charge < -0.3 is 19.7 Å². The van der Waals surface area contributed by atoms with E-state index in [9.17, 15) is 19.8 Å². The van der Waals surface area contributed by atoms with Gasteiger partial charge in [-0.25, -0.2) is 0 Å². The molecule has 2 N–H and O–H groups in total. The number of carbonyl (C=O) groups is 2. The zero-order valence-corrected chi connectivity index (χ0v) is 35.8. The molecule has 2 aromatic rings. The van der Waals surface area contributed by atoms with E-state index in [-0.39, 0.29) is 51.9 Å². The first-order chi connectivity index (χ1) is 23.3. The van der Waals surface area contributed by atoms with Crippen LogP contribution in [0.15, 0.2) is 24.3 Å². The van der Waals surface area contributed by atoms with Gasteiger partial charge in [0.25, 0.3) is 0 Å². The molecular formula is C45H71NO6. The Morgan fingerprint density at radius 1 is 0.712 bits per heavy atom. The fourth-order valence-corrected chi connectivity index (χ4v) is 8.25. The van der Waals surface area contributed by atoms with Crippen LogP contribution in [0.25, 0.3) is 0 Å². The van der Waals surface area contributed by atoms with Gasteiger partial charge in [0.1, 0.15) is 17.6 Å². The molecule has 0 saturated carbocycles. The van der Waals surface area contributed by atoms with Crippen LogP contribution in [0.3, 0.4) is 0 Å². The summed E-state index contributed by atoms with van der Waals surface area (Å²) < 4.78 is 12.4. The van der Waals surface area contributed by atoms with E-state index >= 15 is 0 Å². The molecule has 3 rings (SSSR count). The molecular weight excluding hydrogens is 650 g/mol. The largest absolute Gasteiger partial charge is 0.507 e. The number of aromatic hydroxyl groups is 2. The Morgan fingerprint density at radius 3 is 1.44 bits per heavy atom. The number of benzene rings is 2. The Labute approximate surface area is 315 Å². The number of piperidine rings is 1. The van der Waals surface area contributed by atoms with Gasteiger partial charge in [-0.3, -0.25) is 14.5 Å². The zero-order chi connectivity index (χ0) is 40.2. The number of phenolic OH excluding ortho intramolecular Hbond substituents is 2. The minimum absolute atomic E-state index is 0.237. The Morgan fingerprint density at radius 2 is 1.08 bits per heavy atom. The molecule has 0 bridgehead atoms. The SMILES string of the molecule is CC(C(=O)OC(C)N1C(C)(C)CC(OC(=O)CCc2cc(C(C)(C)C)c(O)c(C(C)(C)C)c2)CC1(C)C)c1cc(C(C)(C)C)c(O)c(C(C)(C)C)c1. The second kappa shape index (κ2) is 14.6. The van der Waals surface area contributed by atoms with Crippen molar-refractivity contribution in [3.8, 4) is 11.5 Å². The summed E-state index contributed by atoms with van der Waals surface area (Å²) in [7, 11) is 0. The number of likely N-dealkylation sites (tertiary alicyclic amines) is 1. The van der Waals surface area contributed by atoms with E-state index < -0.39 is 23.2 Å². The highest BCUT2D eigenvalue weighted by Gasteiger charge is 2.49. The van der Waals surface area contributed by atoms with E-state index in [1.807, 2.05) is 38.1 Å². The average molecular weight is 722 g/mol. The Bertz CT molecular complexity index is 1530. The third-order valence-corrected chi connectivity index (χ3v) is 10.7. The highest BCUT2D eigenvalue weighted by molar-refractivity contribution is 5.78. The predicted molar refractivity (Wildman–Crippen MR) is 212 cm³/mol. The summed E-state index contributed by atoms with van der Waals surface area (Å²) in [6.45, 7) is 37.2. The molecule has 1 aliphatic heterocycles. The lowest BCUT2D eigenvalue weighted by Crippen LogP contribution is -2.65. The van der Waals surface area contributed by atoms with Crippen LogP contribution < -0.4 is 0 Å². The van der Waals surface area contributed by atoms with Gasteiger partial charge in [0.05, 0.1) is 5.92 Å². The molecule has 1 fully saturated rings. The quantitative estimate of drug-likeness (QED) is 0.262. The lowest BCUT2D eigenvalue weighted by Gasteiger charge is -2.56. The number of rotatable bonds is 8. The van der Waals surface area contributed by atoms with Crippen molar-refractivity contribution in [2.24, 2.45) is 0 Å². The van der Waals surface area contributed by atoms with Crippen molar-refractivity contribution in [3.05, 3.63) is 57.6 Å². The predicted octanol–water partition coefficient (Wildman–Crippen LogP) is 10.5. The van der Waals surface area contributed by atoms with Gasteiger partial charge in [-0.05, 0) is 103 Å². The highest BCUT2D eigenvalue weighted by Crippen LogP contribution is 2.44. The van der Waals surface area contributed by atoms with E-state index in [4.69, 9.17) is 9.47 Å². The standard InChI is InChI=1S/C45H71NO6/c1-27(30-23-34(42(9,10)11)38(49)35(24-30)43(12,13)14)39(50)51-28(2)46-44(15,16)25-31(26-45(46,17)18)52-36(47)20-19-29-21-32(40(3,4)5)37(48)33(22-29)41(6,7)8/h21-24,27-28,31,48-49H,19-20,25-26H2,1-18H3. The minimum atomic E-state index is -0.539. The van der Waals surface area contributed by atoms with Gasteiger partial charge in [-0.15, -0.1) is 0 Å². The van der Waals surface area contributed by atoms with Crippen LogP contribution in [0.1, 0.15) is 183 Å².